The van der Waals surface area contributed by atoms with Crippen LogP contribution in [0.3, 0.4) is 0 Å². The van der Waals surface area contributed by atoms with Crippen LogP contribution in [0.1, 0.15) is 6.92 Å². The molecule has 0 amide bonds. The second-order valence-electron chi connectivity index (χ2n) is 2.61. The number of carbonyl (C=O) groups excluding carboxylic acids is 1. The van der Waals surface area contributed by atoms with Crippen molar-refractivity contribution in [2.45, 2.75) is 13.2 Å². The smallest absolute Gasteiger partial charge is 0.305 e. The van der Waals surface area contributed by atoms with Gasteiger partial charge < -0.3 is 9.47 Å². The zero-order valence-electron chi connectivity index (χ0n) is 7.70. The summed E-state index contributed by atoms with van der Waals surface area (Å²) in [4.78, 5) is 10.5. The fourth-order valence-corrected chi connectivity index (χ4v) is 1.00. The number of hydrogen-bond donors (Lipinski definition) is 0. The van der Waals surface area contributed by atoms with E-state index in [0.29, 0.717) is 10.8 Å². The van der Waals surface area contributed by atoms with Gasteiger partial charge in [-0.05, 0) is 24.3 Å². The van der Waals surface area contributed by atoms with Crippen molar-refractivity contribution in [1.29, 1.82) is 0 Å². The molecule has 0 aromatic heterocycles. The summed E-state index contributed by atoms with van der Waals surface area (Å²) in [5.74, 6) is 0.120. The minimum absolute atomic E-state index is 0.432. The first-order valence-electron chi connectivity index (χ1n) is 4.00. The van der Waals surface area contributed by atoms with E-state index in [9.17, 15) is 4.79 Å². The Kier molecular flexibility index (Phi) is 3.77. The number of esters is 1. The lowest BCUT2D eigenvalue weighted by atomic mass is 10.3. The minimum Gasteiger partial charge on any atom is -0.455 e. The van der Waals surface area contributed by atoms with E-state index in [1.165, 1.54) is 6.92 Å². The van der Waals surface area contributed by atoms with Gasteiger partial charge in [0.15, 0.2) is 0 Å². The van der Waals surface area contributed by atoms with Crippen LogP contribution >= 0.6 is 11.6 Å². The predicted octanol–water partition coefficient (Wildman–Crippen LogP) is 2.44. The molecule has 1 unspecified atom stereocenters. The van der Waals surface area contributed by atoms with Gasteiger partial charge in [0.05, 0.1) is 0 Å². The van der Waals surface area contributed by atoms with Crippen LogP contribution in [0.2, 0.25) is 5.02 Å². The molecule has 0 bridgehead atoms. The molecular weight excluding hydrogens is 204 g/mol. The highest BCUT2D eigenvalue weighted by Crippen LogP contribution is 2.16. The highest BCUT2D eigenvalue weighted by Gasteiger charge is 2.06. The van der Waals surface area contributed by atoms with Crippen LogP contribution in [0.4, 0.5) is 0 Å². The molecule has 0 aliphatic rings. The van der Waals surface area contributed by atoms with E-state index >= 15 is 0 Å². The molecule has 0 heterocycles. The van der Waals surface area contributed by atoms with Gasteiger partial charge in [-0.2, -0.15) is 0 Å². The molecule has 14 heavy (non-hydrogen) atoms. The summed E-state index contributed by atoms with van der Waals surface area (Å²) in [5.41, 5.74) is 0. The Labute approximate surface area is 87.6 Å². The fraction of sp³-hybridized carbons (Fsp3) is 0.200. The molecule has 1 radical (unpaired) electrons. The number of ether oxygens (including phenoxy) is 2. The molecule has 1 atom stereocenters. The average Bonchev–Trinajstić information content (AvgIpc) is 2.07. The van der Waals surface area contributed by atoms with Crippen LogP contribution in [0.25, 0.3) is 0 Å². The summed E-state index contributed by atoms with van der Waals surface area (Å²) in [5, 5.41) is 0.616. The normalized spacial score (nSPS) is 11.9. The summed E-state index contributed by atoms with van der Waals surface area (Å²) in [6.07, 6.45) is -0.839. The van der Waals surface area contributed by atoms with E-state index < -0.39 is 12.3 Å². The lowest BCUT2D eigenvalue weighted by Gasteiger charge is -2.13. The first kappa shape index (κ1) is 10.9. The van der Waals surface area contributed by atoms with Gasteiger partial charge in [0, 0.05) is 18.9 Å². The summed E-state index contributed by atoms with van der Waals surface area (Å²) in [7, 11) is 0. The van der Waals surface area contributed by atoms with E-state index in [1.807, 2.05) is 0 Å². The maximum Gasteiger partial charge on any atom is 0.305 e. The molecule has 1 rings (SSSR count). The van der Waals surface area contributed by atoms with Crippen molar-refractivity contribution in [3.8, 4) is 5.75 Å². The van der Waals surface area contributed by atoms with Crippen molar-refractivity contribution in [1.82, 2.24) is 0 Å². The zero-order valence-corrected chi connectivity index (χ0v) is 8.45. The number of carbonyl (C=O) groups is 1. The molecule has 0 aliphatic heterocycles. The number of rotatable bonds is 3. The van der Waals surface area contributed by atoms with Crippen molar-refractivity contribution < 1.29 is 14.3 Å². The third-order valence-electron chi connectivity index (χ3n) is 1.38. The number of halogens is 1. The Morgan fingerprint density at radius 3 is 2.50 bits per heavy atom. The van der Waals surface area contributed by atoms with Gasteiger partial charge in [-0.1, -0.05) is 11.6 Å². The minimum atomic E-state index is -0.839. The topological polar surface area (TPSA) is 35.5 Å². The van der Waals surface area contributed by atoms with Crippen LogP contribution < -0.4 is 4.74 Å². The summed E-state index contributed by atoms with van der Waals surface area (Å²) < 4.78 is 9.85. The summed E-state index contributed by atoms with van der Waals surface area (Å²) in [6.45, 7) is 4.79. The summed E-state index contributed by atoms with van der Waals surface area (Å²) in [6, 6.07) is 6.70. The molecule has 0 aliphatic carbocycles. The van der Waals surface area contributed by atoms with Crippen molar-refractivity contribution in [3.63, 3.8) is 0 Å². The van der Waals surface area contributed by atoms with Gasteiger partial charge in [-0.25, -0.2) is 0 Å². The quantitative estimate of drug-likeness (QED) is 0.572. The van der Waals surface area contributed by atoms with Gasteiger partial charge in [0.25, 0.3) is 0 Å². The van der Waals surface area contributed by atoms with Crippen LogP contribution in [0.15, 0.2) is 24.3 Å². The zero-order chi connectivity index (χ0) is 10.6. The van der Waals surface area contributed by atoms with Crippen LogP contribution in [-0.2, 0) is 9.53 Å². The largest absolute Gasteiger partial charge is 0.455 e. The molecule has 0 N–H and O–H groups in total. The molecule has 0 saturated carbocycles. The van der Waals surface area contributed by atoms with Crippen molar-refractivity contribution in [2.75, 3.05) is 0 Å². The Morgan fingerprint density at radius 1 is 1.43 bits per heavy atom. The Hall–Kier alpha value is -1.22. The van der Waals surface area contributed by atoms with Gasteiger partial charge in [-0.3, -0.25) is 4.79 Å². The van der Waals surface area contributed by atoms with E-state index in [0.717, 1.165) is 0 Å². The maximum absolute atomic E-state index is 10.5. The highest BCUT2D eigenvalue weighted by atomic mass is 35.5. The van der Waals surface area contributed by atoms with Gasteiger partial charge in [0.1, 0.15) is 5.75 Å². The molecule has 3 nitrogen and oxygen atoms in total. The molecule has 1 aromatic carbocycles. The second kappa shape index (κ2) is 4.86. The molecule has 0 saturated heterocycles. The number of benzene rings is 1. The molecule has 0 spiro atoms. The van der Waals surface area contributed by atoms with Gasteiger partial charge in [0.2, 0.25) is 6.29 Å². The van der Waals surface area contributed by atoms with Gasteiger partial charge in [-0.15, -0.1) is 0 Å². The lowest BCUT2D eigenvalue weighted by molar-refractivity contribution is -0.155. The monoisotopic (exact) mass is 213 g/mol. The van der Waals surface area contributed by atoms with Crippen LogP contribution in [-0.4, -0.2) is 12.3 Å². The van der Waals surface area contributed by atoms with Crippen molar-refractivity contribution >= 4 is 17.6 Å². The van der Waals surface area contributed by atoms with Crippen molar-refractivity contribution in [2.24, 2.45) is 0 Å². The van der Waals surface area contributed by atoms with E-state index in [-0.39, 0.29) is 0 Å². The Balaban J connectivity index is 2.51. The van der Waals surface area contributed by atoms with Crippen LogP contribution in [0.5, 0.6) is 5.75 Å². The van der Waals surface area contributed by atoms with Gasteiger partial charge >= 0.3 is 5.97 Å². The third-order valence-corrected chi connectivity index (χ3v) is 1.63. The highest BCUT2D eigenvalue weighted by molar-refractivity contribution is 6.30. The standard InChI is InChI=1S/C10H10ClO3/c1-7(12)13-8(2)14-10-5-3-9(11)4-6-10/h3-6,8H,2H2,1H3. The molecule has 0 fully saturated rings. The number of hydrogen-bond acceptors (Lipinski definition) is 3. The predicted molar refractivity (Wildman–Crippen MR) is 53.0 cm³/mol. The fourth-order valence-electron chi connectivity index (χ4n) is 0.874. The lowest BCUT2D eigenvalue weighted by Crippen LogP contribution is -2.19. The SMILES string of the molecule is [CH2]C(OC(C)=O)Oc1ccc(Cl)cc1. The summed E-state index contributed by atoms with van der Waals surface area (Å²) >= 11 is 5.68. The van der Waals surface area contributed by atoms with E-state index in [1.54, 1.807) is 24.3 Å². The second-order valence-corrected chi connectivity index (χ2v) is 3.05. The molecule has 1 aromatic rings. The maximum atomic E-state index is 10.5. The van der Waals surface area contributed by atoms with E-state index in [4.69, 9.17) is 16.3 Å². The molecule has 75 valence electrons. The Bertz CT molecular complexity index is 308. The average molecular weight is 214 g/mol. The van der Waals surface area contributed by atoms with Crippen molar-refractivity contribution in [3.05, 3.63) is 36.2 Å². The first-order valence-corrected chi connectivity index (χ1v) is 4.38. The van der Waals surface area contributed by atoms with E-state index in [2.05, 4.69) is 11.7 Å². The third kappa shape index (κ3) is 3.66. The Morgan fingerprint density at radius 2 is 2.00 bits per heavy atom. The first-order chi connectivity index (χ1) is 6.58. The molecular formula is C10H10ClO3. The molecule has 4 heteroatoms. The van der Waals surface area contributed by atoms with Crippen LogP contribution in [0, 0.1) is 6.92 Å².